The molecular formula is C16H24N2O2. The molecule has 20 heavy (non-hydrogen) atoms. The van der Waals surface area contributed by atoms with Crippen molar-refractivity contribution in [2.75, 3.05) is 13.1 Å². The zero-order valence-corrected chi connectivity index (χ0v) is 12.3. The Kier molecular flexibility index (Phi) is 5.41. The quantitative estimate of drug-likeness (QED) is 0.899. The van der Waals surface area contributed by atoms with Gasteiger partial charge in [-0.3, -0.25) is 0 Å². The van der Waals surface area contributed by atoms with Crippen molar-refractivity contribution in [3.8, 4) is 0 Å². The third-order valence-corrected chi connectivity index (χ3v) is 3.64. The number of hydrogen-bond donors (Lipinski definition) is 1. The van der Waals surface area contributed by atoms with Gasteiger partial charge in [0, 0.05) is 18.6 Å². The van der Waals surface area contributed by atoms with E-state index in [1.165, 1.54) is 6.42 Å². The van der Waals surface area contributed by atoms with Crippen molar-refractivity contribution in [2.24, 2.45) is 0 Å². The lowest BCUT2D eigenvalue weighted by atomic mass is 10.2. The van der Waals surface area contributed by atoms with Crippen LogP contribution in [0.15, 0.2) is 30.3 Å². The molecule has 0 saturated carbocycles. The van der Waals surface area contributed by atoms with E-state index >= 15 is 0 Å². The average molecular weight is 276 g/mol. The molecule has 1 N–H and O–H groups in total. The first-order valence-electron chi connectivity index (χ1n) is 7.37. The molecule has 0 radical (unpaired) electrons. The standard InChI is InChI=1S/C16H24N2O2/c1-13(2)18(11-15-9-6-10-17-15)16(19)20-12-14-7-4-3-5-8-14/h3-5,7-8,13,15,17H,6,9-12H2,1-2H3/t15-/m1/s1. The minimum absolute atomic E-state index is 0.153. The summed E-state index contributed by atoms with van der Waals surface area (Å²) in [5.74, 6) is 0. The minimum Gasteiger partial charge on any atom is -0.445 e. The Morgan fingerprint density at radius 3 is 2.75 bits per heavy atom. The van der Waals surface area contributed by atoms with Crippen molar-refractivity contribution in [3.05, 3.63) is 35.9 Å². The molecule has 1 heterocycles. The second-order valence-electron chi connectivity index (χ2n) is 5.58. The largest absolute Gasteiger partial charge is 0.445 e. The van der Waals surface area contributed by atoms with E-state index in [1.54, 1.807) is 0 Å². The molecule has 0 bridgehead atoms. The SMILES string of the molecule is CC(C)N(C[C@H]1CCCN1)C(=O)OCc1ccccc1. The van der Waals surface area contributed by atoms with Crippen LogP contribution < -0.4 is 5.32 Å². The summed E-state index contributed by atoms with van der Waals surface area (Å²) in [5, 5.41) is 3.42. The molecule has 1 aliphatic rings. The molecule has 1 amide bonds. The van der Waals surface area contributed by atoms with Crippen LogP contribution in [0.5, 0.6) is 0 Å². The molecule has 1 fully saturated rings. The minimum atomic E-state index is -0.224. The number of carbonyl (C=O) groups excluding carboxylic acids is 1. The van der Waals surface area contributed by atoms with Crippen molar-refractivity contribution < 1.29 is 9.53 Å². The Morgan fingerprint density at radius 2 is 2.15 bits per heavy atom. The summed E-state index contributed by atoms with van der Waals surface area (Å²) in [5.41, 5.74) is 1.02. The zero-order valence-electron chi connectivity index (χ0n) is 12.3. The topological polar surface area (TPSA) is 41.6 Å². The maximum absolute atomic E-state index is 12.2. The number of ether oxygens (including phenoxy) is 1. The summed E-state index contributed by atoms with van der Waals surface area (Å²) in [6.45, 7) is 6.17. The first-order valence-corrected chi connectivity index (χ1v) is 7.37. The molecule has 0 unspecified atom stereocenters. The first kappa shape index (κ1) is 14.9. The second kappa shape index (κ2) is 7.29. The van der Waals surface area contributed by atoms with Gasteiger partial charge in [0.05, 0.1) is 0 Å². The lowest BCUT2D eigenvalue weighted by molar-refractivity contribution is 0.0825. The Labute approximate surface area is 121 Å². The van der Waals surface area contributed by atoms with E-state index in [0.29, 0.717) is 12.6 Å². The Morgan fingerprint density at radius 1 is 1.40 bits per heavy atom. The Hall–Kier alpha value is -1.55. The normalized spacial score (nSPS) is 18.2. The van der Waals surface area contributed by atoms with Gasteiger partial charge in [-0.2, -0.15) is 0 Å². The van der Waals surface area contributed by atoms with Gasteiger partial charge in [0.15, 0.2) is 0 Å². The molecule has 4 nitrogen and oxygen atoms in total. The summed E-state index contributed by atoms with van der Waals surface area (Å²) in [7, 11) is 0. The van der Waals surface area contributed by atoms with Crippen LogP contribution >= 0.6 is 0 Å². The van der Waals surface area contributed by atoms with E-state index in [1.807, 2.05) is 49.1 Å². The number of rotatable bonds is 5. The van der Waals surface area contributed by atoms with Crippen LogP contribution in [0.1, 0.15) is 32.3 Å². The van der Waals surface area contributed by atoms with Gasteiger partial charge in [-0.15, -0.1) is 0 Å². The van der Waals surface area contributed by atoms with Crippen molar-refractivity contribution >= 4 is 6.09 Å². The highest BCUT2D eigenvalue weighted by Crippen LogP contribution is 2.11. The summed E-state index contributed by atoms with van der Waals surface area (Å²) >= 11 is 0. The maximum Gasteiger partial charge on any atom is 0.410 e. The predicted octanol–water partition coefficient (Wildman–Crippen LogP) is 2.79. The summed E-state index contributed by atoms with van der Waals surface area (Å²) in [6, 6.07) is 10.3. The van der Waals surface area contributed by atoms with Gasteiger partial charge in [0.25, 0.3) is 0 Å². The van der Waals surface area contributed by atoms with Crippen LogP contribution in [0.2, 0.25) is 0 Å². The van der Waals surface area contributed by atoms with Crippen molar-refractivity contribution in [1.29, 1.82) is 0 Å². The van der Waals surface area contributed by atoms with E-state index in [9.17, 15) is 4.79 Å². The monoisotopic (exact) mass is 276 g/mol. The fourth-order valence-corrected chi connectivity index (χ4v) is 2.45. The molecule has 2 rings (SSSR count). The zero-order chi connectivity index (χ0) is 14.4. The molecule has 1 aromatic carbocycles. The van der Waals surface area contributed by atoms with Crippen LogP contribution in [0.3, 0.4) is 0 Å². The summed E-state index contributed by atoms with van der Waals surface area (Å²) in [6.07, 6.45) is 2.10. The molecule has 110 valence electrons. The highest BCUT2D eigenvalue weighted by Gasteiger charge is 2.24. The molecule has 1 saturated heterocycles. The van der Waals surface area contributed by atoms with Gasteiger partial charge in [-0.05, 0) is 38.8 Å². The third kappa shape index (κ3) is 4.23. The van der Waals surface area contributed by atoms with Crippen LogP contribution in [-0.2, 0) is 11.3 Å². The number of benzene rings is 1. The van der Waals surface area contributed by atoms with E-state index in [-0.39, 0.29) is 12.1 Å². The van der Waals surface area contributed by atoms with E-state index < -0.39 is 0 Å². The highest BCUT2D eigenvalue weighted by atomic mass is 16.6. The van der Waals surface area contributed by atoms with Gasteiger partial charge in [0.1, 0.15) is 6.61 Å². The summed E-state index contributed by atoms with van der Waals surface area (Å²) in [4.78, 5) is 14.0. The molecule has 1 atom stereocenters. The van der Waals surface area contributed by atoms with Gasteiger partial charge in [-0.25, -0.2) is 4.79 Å². The molecule has 0 spiro atoms. The van der Waals surface area contributed by atoms with Crippen LogP contribution in [0, 0.1) is 0 Å². The fourth-order valence-electron chi connectivity index (χ4n) is 2.45. The first-order chi connectivity index (χ1) is 9.66. The van der Waals surface area contributed by atoms with Gasteiger partial charge < -0.3 is 15.0 Å². The molecule has 4 heteroatoms. The third-order valence-electron chi connectivity index (χ3n) is 3.64. The van der Waals surface area contributed by atoms with Crippen LogP contribution in [0.4, 0.5) is 4.79 Å². The van der Waals surface area contributed by atoms with Crippen LogP contribution in [-0.4, -0.2) is 36.2 Å². The van der Waals surface area contributed by atoms with Crippen molar-refractivity contribution in [2.45, 2.75) is 45.4 Å². The van der Waals surface area contributed by atoms with Gasteiger partial charge in [0.2, 0.25) is 0 Å². The lowest BCUT2D eigenvalue weighted by Gasteiger charge is -2.28. The average Bonchev–Trinajstić information content (AvgIpc) is 2.96. The Balaban J connectivity index is 1.86. The highest BCUT2D eigenvalue weighted by molar-refractivity contribution is 5.68. The van der Waals surface area contributed by atoms with Crippen molar-refractivity contribution in [3.63, 3.8) is 0 Å². The second-order valence-corrected chi connectivity index (χ2v) is 5.58. The van der Waals surface area contributed by atoms with Gasteiger partial charge >= 0.3 is 6.09 Å². The molecular weight excluding hydrogens is 252 g/mol. The molecule has 1 aromatic rings. The maximum atomic E-state index is 12.2. The number of hydrogen-bond acceptors (Lipinski definition) is 3. The smallest absolute Gasteiger partial charge is 0.410 e. The summed E-state index contributed by atoms with van der Waals surface area (Å²) < 4.78 is 5.42. The number of nitrogens with zero attached hydrogens (tertiary/aromatic N) is 1. The van der Waals surface area contributed by atoms with Gasteiger partial charge in [-0.1, -0.05) is 30.3 Å². The molecule has 0 aromatic heterocycles. The van der Waals surface area contributed by atoms with Crippen molar-refractivity contribution in [1.82, 2.24) is 10.2 Å². The van der Waals surface area contributed by atoms with E-state index in [2.05, 4.69) is 5.32 Å². The lowest BCUT2D eigenvalue weighted by Crippen LogP contribution is -2.44. The predicted molar refractivity (Wildman–Crippen MR) is 79.5 cm³/mol. The molecule has 1 aliphatic heterocycles. The molecule has 0 aliphatic carbocycles. The van der Waals surface area contributed by atoms with E-state index in [0.717, 1.165) is 25.1 Å². The number of amides is 1. The Bertz CT molecular complexity index is 414. The fraction of sp³-hybridized carbons (Fsp3) is 0.562. The number of carbonyl (C=O) groups is 1. The van der Waals surface area contributed by atoms with Crippen LogP contribution in [0.25, 0.3) is 0 Å². The number of nitrogens with one attached hydrogen (secondary N) is 1. The van der Waals surface area contributed by atoms with E-state index in [4.69, 9.17) is 4.74 Å².